The Kier molecular flexibility index (Phi) is 6.53. The summed E-state index contributed by atoms with van der Waals surface area (Å²) >= 11 is 7.05. The van der Waals surface area contributed by atoms with Crippen LogP contribution in [0, 0.1) is 0 Å². The third-order valence-corrected chi connectivity index (χ3v) is 5.94. The third kappa shape index (κ3) is 4.43. The van der Waals surface area contributed by atoms with Gasteiger partial charge in [0.15, 0.2) is 0 Å². The normalized spacial score (nSPS) is 15.3. The van der Waals surface area contributed by atoms with Gasteiger partial charge in [-0.3, -0.25) is 9.69 Å². The van der Waals surface area contributed by atoms with Crippen LogP contribution >= 0.6 is 31.9 Å². The van der Waals surface area contributed by atoms with E-state index < -0.39 is 6.17 Å². The first-order valence-electron chi connectivity index (χ1n) is 10.1. The van der Waals surface area contributed by atoms with E-state index in [2.05, 4.69) is 37.2 Å². The Morgan fingerprint density at radius 1 is 0.935 bits per heavy atom. The molecule has 0 bridgehead atoms. The zero-order chi connectivity index (χ0) is 22.0. The third-order valence-electron chi connectivity index (χ3n) is 4.95. The lowest BCUT2D eigenvalue weighted by Gasteiger charge is -2.39. The molecule has 1 amide bonds. The molecule has 1 heterocycles. The molecular formula is C24H22Br2N2O3. The number of fused-ring (bicyclic) bond motifs is 1. The number of carbonyl (C=O) groups excluding carboxylic acids is 1. The fraction of sp³-hybridized carbons (Fsp3) is 0.208. The van der Waals surface area contributed by atoms with Gasteiger partial charge in [0.25, 0.3) is 5.91 Å². The van der Waals surface area contributed by atoms with Crippen LogP contribution in [0.3, 0.4) is 0 Å². The minimum Gasteiger partial charge on any atom is -0.494 e. The average Bonchev–Trinajstić information content (AvgIpc) is 2.76. The molecule has 5 nitrogen and oxygen atoms in total. The lowest BCUT2D eigenvalue weighted by Crippen LogP contribution is -2.43. The number of rotatable bonds is 6. The summed E-state index contributed by atoms with van der Waals surface area (Å²) in [6.07, 6.45) is -0.461. The van der Waals surface area contributed by atoms with Gasteiger partial charge in [-0.2, -0.15) is 0 Å². The SMILES string of the molecule is CCOc1cccc(N2C(=O)c3cc(Br)ccc3N[C@@H]2c2cc(Br)ccc2OCC)c1. The number of hydrogen-bond acceptors (Lipinski definition) is 4. The molecule has 1 atom stereocenters. The van der Waals surface area contributed by atoms with Gasteiger partial charge in [0, 0.05) is 26.3 Å². The van der Waals surface area contributed by atoms with Gasteiger partial charge in [-0.1, -0.05) is 37.9 Å². The number of ether oxygens (including phenoxy) is 2. The number of nitrogens with one attached hydrogen (secondary N) is 1. The molecule has 3 aromatic carbocycles. The fourth-order valence-corrected chi connectivity index (χ4v) is 4.41. The van der Waals surface area contributed by atoms with Crippen molar-refractivity contribution in [3.63, 3.8) is 0 Å². The van der Waals surface area contributed by atoms with Crippen LogP contribution < -0.4 is 19.7 Å². The Morgan fingerprint density at radius 2 is 1.68 bits per heavy atom. The first-order valence-corrected chi connectivity index (χ1v) is 11.6. The highest BCUT2D eigenvalue weighted by atomic mass is 79.9. The van der Waals surface area contributed by atoms with Crippen molar-refractivity contribution in [2.24, 2.45) is 0 Å². The maximum atomic E-state index is 13.7. The molecule has 0 saturated carbocycles. The predicted octanol–water partition coefficient (Wildman–Crippen LogP) is 6.78. The van der Waals surface area contributed by atoms with E-state index in [1.54, 1.807) is 4.90 Å². The van der Waals surface area contributed by atoms with Gasteiger partial charge >= 0.3 is 0 Å². The topological polar surface area (TPSA) is 50.8 Å². The van der Waals surface area contributed by atoms with Crippen LogP contribution in [0.2, 0.25) is 0 Å². The van der Waals surface area contributed by atoms with Gasteiger partial charge in [0.05, 0.1) is 24.5 Å². The molecule has 3 aromatic rings. The van der Waals surface area contributed by atoms with Gasteiger partial charge < -0.3 is 14.8 Å². The monoisotopic (exact) mass is 544 g/mol. The van der Waals surface area contributed by atoms with Crippen LogP contribution in [0.25, 0.3) is 0 Å². The van der Waals surface area contributed by atoms with E-state index in [0.29, 0.717) is 24.5 Å². The summed E-state index contributed by atoms with van der Waals surface area (Å²) in [6, 6.07) is 19.1. The van der Waals surface area contributed by atoms with Crippen molar-refractivity contribution < 1.29 is 14.3 Å². The smallest absolute Gasteiger partial charge is 0.262 e. The maximum Gasteiger partial charge on any atom is 0.262 e. The van der Waals surface area contributed by atoms with Gasteiger partial charge in [0.2, 0.25) is 0 Å². The largest absolute Gasteiger partial charge is 0.494 e. The Bertz CT molecular complexity index is 1120. The minimum atomic E-state index is -0.461. The van der Waals surface area contributed by atoms with Crippen LogP contribution in [0.4, 0.5) is 11.4 Å². The first-order chi connectivity index (χ1) is 15.0. The maximum absolute atomic E-state index is 13.7. The van der Waals surface area contributed by atoms with Crippen LogP contribution in [0.15, 0.2) is 69.6 Å². The van der Waals surface area contributed by atoms with E-state index in [1.807, 2.05) is 74.5 Å². The van der Waals surface area contributed by atoms with Gasteiger partial charge in [-0.05, 0) is 62.4 Å². The Hall–Kier alpha value is -2.51. The van der Waals surface area contributed by atoms with E-state index in [0.717, 1.165) is 31.6 Å². The number of halogens is 2. The van der Waals surface area contributed by atoms with Gasteiger partial charge in [-0.25, -0.2) is 0 Å². The minimum absolute atomic E-state index is 0.101. The quantitative estimate of drug-likeness (QED) is 0.371. The Morgan fingerprint density at radius 3 is 2.45 bits per heavy atom. The van der Waals surface area contributed by atoms with Crippen LogP contribution in [-0.4, -0.2) is 19.1 Å². The molecule has 0 fully saturated rings. The summed E-state index contributed by atoms with van der Waals surface area (Å²) < 4.78 is 13.3. The van der Waals surface area contributed by atoms with Crippen LogP contribution in [0.1, 0.15) is 35.9 Å². The van der Waals surface area contributed by atoms with E-state index in [-0.39, 0.29) is 5.91 Å². The molecular weight excluding hydrogens is 524 g/mol. The summed E-state index contributed by atoms with van der Waals surface area (Å²) in [6.45, 7) is 4.96. The molecule has 0 saturated heterocycles. The van der Waals surface area contributed by atoms with E-state index >= 15 is 0 Å². The van der Waals surface area contributed by atoms with Crippen molar-refractivity contribution in [1.82, 2.24) is 0 Å². The lowest BCUT2D eigenvalue weighted by atomic mass is 10.0. The number of nitrogens with zero attached hydrogens (tertiary/aromatic N) is 1. The standard InChI is InChI=1S/C24H22Br2N2O3/c1-3-30-18-7-5-6-17(14-18)28-23(20-13-16(26)9-11-22(20)31-4-2)27-21-10-8-15(25)12-19(21)24(28)29/h5-14,23,27H,3-4H2,1-2H3/t23-/m0/s1. The van der Waals surface area contributed by atoms with Crippen molar-refractivity contribution >= 4 is 49.1 Å². The van der Waals surface area contributed by atoms with Gasteiger partial charge in [-0.15, -0.1) is 0 Å². The van der Waals surface area contributed by atoms with E-state index in [9.17, 15) is 4.79 Å². The molecule has 0 aliphatic carbocycles. The first kappa shape index (κ1) is 21.7. The lowest BCUT2D eigenvalue weighted by molar-refractivity contribution is 0.0974. The van der Waals surface area contributed by atoms with Crippen molar-refractivity contribution in [3.8, 4) is 11.5 Å². The number of anilines is 2. The second kappa shape index (κ2) is 9.32. The molecule has 1 aliphatic rings. The number of carbonyl (C=O) groups is 1. The summed E-state index contributed by atoms with van der Waals surface area (Å²) in [5, 5.41) is 3.54. The molecule has 1 N–H and O–H groups in total. The van der Waals surface area contributed by atoms with Crippen molar-refractivity contribution in [2.75, 3.05) is 23.4 Å². The summed E-state index contributed by atoms with van der Waals surface area (Å²) in [5.41, 5.74) is 2.97. The second-order valence-corrected chi connectivity index (χ2v) is 8.79. The Balaban J connectivity index is 1.89. The van der Waals surface area contributed by atoms with Crippen molar-refractivity contribution in [2.45, 2.75) is 20.0 Å². The summed E-state index contributed by atoms with van der Waals surface area (Å²) in [5.74, 6) is 1.34. The number of hydrogen-bond donors (Lipinski definition) is 1. The molecule has 0 radical (unpaired) electrons. The molecule has 31 heavy (non-hydrogen) atoms. The van der Waals surface area contributed by atoms with Crippen molar-refractivity contribution in [1.29, 1.82) is 0 Å². The van der Waals surface area contributed by atoms with Gasteiger partial charge in [0.1, 0.15) is 17.7 Å². The van der Waals surface area contributed by atoms with Crippen molar-refractivity contribution in [3.05, 3.63) is 80.7 Å². The van der Waals surface area contributed by atoms with E-state index in [1.165, 1.54) is 0 Å². The molecule has 7 heteroatoms. The molecule has 0 spiro atoms. The van der Waals surface area contributed by atoms with Crippen LogP contribution in [0.5, 0.6) is 11.5 Å². The highest BCUT2D eigenvalue weighted by molar-refractivity contribution is 9.10. The fourth-order valence-electron chi connectivity index (χ4n) is 3.67. The van der Waals surface area contributed by atoms with Crippen LogP contribution in [-0.2, 0) is 0 Å². The predicted molar refractivity (Wildman–Crippen MR) is 130 cm³/mol. The zero-order valence-electron chi connectivity index (χ0n) is 17.2. The highest BCUT2D eigenvalue weighted by Crippen LogP contribution is 2.41. The zero-order valence-corrected chi connectivity index (χ0v) is 20.4. The molecule has 1 aliphatic heterocycles. The molecule has 4 rings (SSSR count). The number of amides is 1. The second-order valence-electron chi connectivity index (χ2n) is 6.96. The molecule has 0 unspecified atom stereocenters. The average molecular weight is 546 g/mol. The Labute approximate surface area is 198 Å². The molecule has 160 valence electrons. The summed E-state index contributed by atoms with van der Waals surface area (Å²) in [7, 11) is 0. The summed E-state index contributed by atoms with van der Waals surface area (Å²) in [4.78, 5) is 15.5. The van der Waals surface area contributed by atoms with E-state index in [4.69, 9.17) is 9.47 Å². The molecule has 0 aromatic heterocycles. The highest BCUT2D eigenvalue weighted by Gasteiger charge is 2.36. The number of benzene rings is 3.